The quantitative estimate of drug-likeness (QED) is 0.755. The van der Waals surface area contributed by atoms with Crippen LogP contribution in [0, 0.1) is 0 Å². The van der Waals surface area contributed by atoms with Crippen LogP contribution in [0.5, 0.6) is 0 Å². The Hall–Kier alpha value is -1.02. The van der Waals surface area contributed by atoms with Gasteiger partial charge in [-0.25, -0.2) is 0 Å². The maximum Gasteiger partial charge on any atom is 0.306 e. The summed E-state index contributed by atoms with van der Waals surface area (Å²) in [5.41, 5.74) is 0.643. The number of hydrogen-bond acceptors (Lipinski definition) is 2. The Bertz CT molecular complexity index is 366. The first kappa shape index (κ1) is 13.0. The third-order valence-corrected chi connectivity index (χ3v) is 2.16. The molecule has 0 saturated carbocycles. The first-order valence-corrected chi connectivity index (χ1v) is 5.71. The van der Waals surface area contributed by atoms with Gasteiger partial charge in [0.1, 0.15) is 5.60 Å². The predicted molar refractivity (Wildman–Crippen MR) is 65.6 cm³/mol. The maximum absolute atomic E-state index is 11.5. The van der Waals surface area contributed by atoms with Crippen LogP contribution in [0.2, 0.25) is 5.02 Å². The molecule has 0 amide bonds. The second-order valence-electron chi connectivity index (χ2n) is 4.72. The molecule has 0 fully saturated rings. The Labute approximate surface area is 102 Å². The highest BCUT2D eigenvalue weighted by Crippen LogP contribution is 2.14. The van der Waals surface area contributed by atoms with E-state index >= 15 is 0 Å². The van der Waals surface area contributed by atoms with Crippen molar-refractivity contribution in [3.05, 3.63) is 34.9 Å². The van der Waals surface area contributed by atoms with Gasteiger partial charge in [0.15, 0.2) is 0 Å². The van der Waals surface area contributed by atoms with Gasteiger partial charge in [-0.15, -0.1) is 0 Å². The van der Waals surface area contributed by atoms with Gasteiger partial charge in [0.2, 0.25) is 0 Å². The Balaban J connectivity index is 2.43. The molecule has 3 heteroatoms. The van der Waals surface area contributed by atoms with Crippen molar-refractivity contribution in [3.63, 3.8) is 0 Å². The number of rotatable bonds is 3. The van der Waals surface area contributed by atoms with Crippen molar-refractivity contribution in [3.8, 4) is 0 Å². The van der Waals surface area contributed by atoms with E-state index in [1.165, 1.54) is 0 Å². The van der Waals surface area contributed by atoms with Crippen molar-refractivity contribution in [2.24, 2.45) is 0 Å². The molecule has 2 nitrogen and oxygen atoms in total. The molecule has 88 valence electrons. The van der Waals surface area contributed by atoms with E-state index in [1.807, 2.05) is 45.0 Å². The largest absolute Gasteiger partial charge is 0.460 e. The van der Waals surface area contributed by atoms with E-state index in [4.69, 9.17) is 16.3 Å². The Morgan fingerprint density at radius 2 is 2.06 bits per heavy atom. The van der Waals surface area contributed by atoms with Crippen LogP contribution in [0.25, 0.3) is 0 Å². The third kappa shape index (κ3) is 5.17. The van der Waals surface area contributed by atoms with E-state index in [1.54, 1.807) is 0 Å². The average Bonchev–Trinajstić information content (AvgIpc) is 2.12. The van der Waals surface area contributed by atoms with Crippen molar-refractivity contribution in [2.45, 2.75) is 39.2 Å². The standard InChI is InChI=1S/C13H17ClO2/c1-13(2,3)16-12(15)8-7-10-5-4-6-11(14)9-10/h4-6,9H,7-8H2,1-3H3. The summed E-state index contributed by atoms with van der Waals surface area (Å²) < 4.78 is 5.22. The van der Waals surface area contributed by atoms with E-state index in [2.05, 4.69) is 0 Å². The summed E-state index contributed by atoms with van der Waals surface area (Å²) in [5.74, 6) is -0.174. The molecular weight excluding hydrogens is 224 g/mol. The molecule has 0 unspecified atom stereocenters. The lowest BCUT2D eigenvalue weighted by atomic mass is 10.1. The molecule has 1 rings (SSSR count). The molecule has 0 heterocycles. The fraction of sp³-hybridized carbons (Fsp3) is 0.462. The highest BCUT2D eigenvalue weighted by atomic mass is 35.5. The van der Waals surface area contributed by atoms with Crippen LogP contribution < -0.4 is 0 Å². The van der Waals surface area contributed by atoms with Gasteiger partial charge in [-0.05, 0) is 44.9 Å². The molecule has 1 aromatic carbocycles. The molecule has 1 aromatic rings. The van der Waals surface area contributed by atoms with Crippen molar-refractivity contribution in [2.75, 3.05) is 0 Å². The monoisotopic (exact) mass is 240 g/mol. The molecule has 0 saturated heterocycles. The van der Waals surface area contributed by atoms with Crippen LogP contribution in [0.4, 0.5) is 0 Å². The molecule has 0 bridgehead atoms. The number of aryl methyl sites for hydroxylation is 1. The van der Waals surface area contributed by atoms with Gasteiger partial charge < -0.3 is 4.74 Å². The molecule has 0 N–H and O–H groups in total. The number of ether oxygens (including phenoxy) is 1. The lowest BCUT2D eigenvalue weighted by Gasteiger charge is -2.19. The number of carbonyl (C=O) groups is 1. The van der Waals surface area contributed by atoms with Crippen molar-refractivity contribution in [1.82, 2.24) is 0 Å². The Kier molecular flexibility index (Phi) is 4.36. The normalized spacial score (nSPS) is 11.2. The first-order chi connectivity index (χ1) is 7.37. The van der Waals surface area contributed by atoms with Crippen LogP contribution in [-0.4, -0.2) is 11.6 Å². The van der Waals surface area contributed by atoms with Gasteiger partial charge in [-0.3, -0.25) is 4.79 Å². The van der Waals surface area contributed by atoms with Gasteiger partial charge in [-0.1, -0.05) is 23.7 Å². The van der Waals surface area contributed by atoms with Gasteiger partial charge >= 0.3 is 5.97 Å². The molecule has 0 aliphatic rings. The Morgan fingerprint density at radius 3 is 2.62 bits per heavy atom. The molecule has 0 spiro atoms. The fourth-order valence-corrected chi connectivity index (χ4v) is 1.54. The second kappa shape index (κ2) is 5.35. The maximum atomic E-state index is 11.5. The zero-order chi connectivity index (χ0) is 12.2. The molecule has 0 radical (unpaired) electrons. The Morgan fingerprint density at radius 1 is 1.38 bits per heavy atom. The summed E-state index contributed by atoms with van der Waals surface area (Å²) in [6.45, 7) is 5.60. The van der Waals surface area contributed by atoms with Gasteiger partial charge in [-0.2, -0.15) is 0 Å². The van der Waals surface area contributed by atoms with Gasteiger partial charge in [0, 0.05) is 11.4 Å². The molecule has 16 heavy (non-hydrogen) atoms. The number of benzene rings is 1. The first-order valence-electron chi connectivity index (χ1n) is 5.33. The minimum atomic E-state index is -0.411. The van der Waals surface area contributed by atoms with Crippen LogP contribution in [0.1, 0.15) is 32.8 Å². The minimum absolute atomic E-state index is 0.174. The van der Waals surface area contributed by atoms with Crippen LogP contribution in [-0.2, 0) is 16.0 Å². The van der Waals surface area contributed by atoms with Gasteiger partial charge in [0.25, 0.3) is 0 Å². The van der Waals surface area contributed by atoms with E-state index in [-0.39, 0.29) is 5.97 Å². The average molecular weight is 241 g/mol. The minimum Gasteiger partial charge on any atom is -0.460 e. The summed E-state index contributed by atoms with van der Waals surface area (Å²) >= 11 is 5.85. The van der Waals surface area contributed by atoms with Crippen molar-refractivity contribution < 1.29 is 9.53 Å². The van der Waals surface area contributed by atoms with Gasteiger partial charge in [0.05, 0.1) is 0 Å². The predicted octanol–water partition coefficient (Wildman–Crippen LogP) is 3.61. The molecule has 0 atom stereocenters. The van der Waals surface area contributed by atoms with E-state index < -0.39 is 5.60 Å². The molecule has 0 aliphatic heterocycles. The summed E-state index contributed by atoms with van der Waals surface area (Å²) in [5, 5.41) is 0.696. The zero-order valence-electron chi connectivity index (χ0n) is 9.92. The number of esters is 1. The lowest BCUT2D eigenvalue weighted by molar-refractivity contribution is -0.154. The third-order valence-electron chi connectivity index (χ3n) is 1.93. The summed E-state index contributed by atoms with van der Waals surface area (Å²) in [6.07, 6.45) is 1.05. The smallest absolute Gasteiger partial charge is 0.306 e. The molecule has 0 aromatic heterocycles. The van der Waals surface area contributed by atoms with E-state index in [9.17, 15) is 4.79 Å². The summed E-state index contributed by atoms with van der Waals surface area (Å²) in [7, 11) is 0. The second-order valence-corrected chi connectivity index (χ2v) is 5.15. The van der Waals surface area contributed by atoms with Crippen molar-refractivity contribution in [1.29, 1.82) is 0 Å². The number of carbonyl (C=O) groups excluding carboxylic acids is 1. The van der Waals surface area contributed by atoms with Crippen LogP contribution >= 0.6 is 11.6 Å². The van der Waals surface area contributed by atoms with E-state index in [0.29, 0.717) is 17.9 Å². The fourth-order valence-electron chi connectivity index (χ4n) is 1.33. The molecule has 0 aliphatic carbocycles. The number of halogens is 1. The number of hydrogen-bond donors (Lipinski definition) is 0. The van der Waals surface area contributed by atoms with E-state index in [0.717, 1.165) is 5.56 Å². The summed E-state index contributed by atoms with van der Waals surface area (Å²) in [6, 6.07) is 7.52. The highest BCUT2D eigenvalue weighted by Gasteiger charge is 2.15. The van der Waals surface area contributed by atoms with Crippen molar-refractivity contribution >= 4 is 17.6 Å². The molecular formula is C13H17ClO2. The van der Waals surface area contributed by atoms with Crippen LogP contribution in [0.3, 0.4) is 0 Å². The van der Waals surface area contributed by atoms with Crippen LogP contribution in [0.15, 0.2) is 24.3 Å². The SMILES string of the molecule is CC(C)(C)OC(=O)CCc1cccc(Cl)c1. The lowest BCUT2D eigenvalue weighted by Crippen LogP contribution is -2.23. The zero-order valence-corrected chi connectivity index (χ0v) is 10.7. The topological polar surface area (TPSA) is 26.3 Å². The highest BCUT2D eigenvalue weighted by molar-refractivity contribution is 6.30. The summed E-state index contributed by atoms with van der Waals surface area (Å²) in [4.78, 5) is 11.5.